The molecule has 0 bridgehead atoms. The van der Waals surface area contributed by atoms with Gasteiger partial charge >= 0.3 is 0 Å². The van der Waals surface area contributed by atoms with Gasteiger partial charge in [0.2, 0.25) is 0 Å². The van der Waals surface area contributed by atoms with E-state index in [-0.39, 0.29) is 5.41 Å². The van der Waals surface area contributed by atoms with Crippen LogP contribution in [0.3, 0.4) is 0 Å². The zero-order valence-electron chi connectivity index (χ0n) is 14.0. The lowest BCUT2D eigenvalue weighted by atomic mass is 9.74. The topological polar surface area (TPSA) is 20.2 Å². The maximum atomic E-state index is 11.1. The van der Waals surface area contributed by atoms with E-state index >= 15 is 0 Å². The molecule has 1 heteroatoms. The molecule has 0 saturated carbocycles. The minimum Gasteiger partial charge on any atom is -0.387 e. The number of aliphatic hydroxyl groups excluding tert-OH is 1. The molecule has 0 spiro atoms. The van der Waals surface area contributed by atoms with Crippen molar-refractivity contribution in [3.05, 3.63) is 69.8 Å². The van der Waals surface area contributed by atoms with Crippen LogP contribution in [-0.4, -0.2) is 5.11 Å². The van der Waals surface area contributed by atoms with E-state index in [0.717, 1.165) is 11.1 Å². The van der Waals surface area contributed by atoms with Crippen LogP contribution in [0.4, 0.5) is 0 Å². The zero-order chi connectivity index (χ0) is 15.8. The van der Waals surface area contributed by atoms with Gasteiger partial charge in [-0.3, -0.25) is 0 Å². The SMILES string of the molecule is Cc1cc(C)c(C)c(C(O)C(C)(C)c2ccccc2)c1C. The molecule has 112 valence electrons. The third-order valence-electron chi connectivity index (χ3n) is 4.90. The van der Waals surface area contributed by atoms with E-state index in [0.29, 0.717) is 0 Å². The Hall–Kier alpha value is -1.60. The van der Waals surface area contributed by atoms with Crippen LogP contribution in [0.25, 0.3) is 0 Å². The molecule has 21 heavy (non-hydrogen) atoms. The molecule has 0 aliphatic carbocycles. The van der Waals surface area contributed by atoms with Crippen LogP contribution in [-0.2, 0) is 5.41 Å². The minimum absolute atomic E-state index is 0.322. The van der Waals surface area contributed by atoms with Crippen LogP contribution in [0.2, 0.25) is 0 Å². The van der Waals surface area contributed by atoms with Gasteiger partial charge in [-0.2, -0.15) is 0 Å². The standard InChI is InChI=1S/C20H26O/c1-13-12-14(2)16(4)18(15(13)3)19(21)20(5,6)17-10-8-7-9-11-17/h7-12,19,21H,1-6H3. The minimum atomic E-state index is -0.515. The Morgan fingerprint density at radius 1 is 0.857 bits per heavy atom. The quantitative estimate of drug-likeness (QED) is 0.846. The Morgan fingerprint density at radius 2 is 1.33 bits per heavy atom. The third-order valence-corrected chi connectivity index (χ3v) is 4.90. The van der Waals surface area contributed by atoms with Crippen LogP contribution in [0, 0.1) is 27.7 Å². The second-order valence-corrected chi connectivity index (χ2v) is 6.66. The van der Waals surface area contributed by atoms with Gasteiger partial charge in [-0.15, -0.1) is 0 Å². The first-order chi connectivity index (χ1) is 9.76. The van der Waals surface area contributed by atoms with Crippen LogP contribution >= 0.6 is 0 Å². The van der Waals surface area contributed by atoms with Gasteiger partial charge in [0.15, 0.2) is 0 Å². The van der Waals surface area contributed by atoms with Crippen molar-refractivity contribution in [2.75, 3.05) is 0 Å². The van der Waals surface area contributed by atoms with Crippen molar-refractivity contribution in [3.63, 3.8) is 0 Å². The van der Waals surface area contributed by atoms with E-state index in [1.54, 1.807) is 0 Å². The number of aryl methyl sites for hydroxylation is 2. The van der Waals surface area contributed by atoms with Gasteiger partial charge in [-0.25, -0.2) is 0 Å². The monoisotopic (exact) mass is 282 g/mol. The number of hydrogen-bond donors (Lipinski definition) is 1. The molecule has 0 aromatic heterocycles. The molecule has 0 saturated heterocycles. The first-order valence-electron chi connectivity index (χ1n) is 7.57. The first kappa shape index (κ1) is 15.8. The van der Waals surface area contributed by atoms with E-state index < -0.39 is 6.10 Å². The molecule has 0 amide bonds. The summed E-state index contributed by atoms with van der Waals surface area (Å²) in [6.07, 6.45) is -0.515. The molecule has 0 radical (unpaired) electrons. The average molecular weight is 282 g/mol. The smallest absolute Gasteiger partial charge is 0.0886 e. The van der Waals surface area contributed by atoms with E-state index in [2.05, 4.69) is 59.7 Å². The fourth-order valence-corrected chi connectivity index (χ4v) is 3.04. The molecule has 2 rings (SSSR count). The highest BCUT2D eigenvalue weighted by molar-refractivity contribution is 5.47. The molecular formula is C20H26O. The highest BCUT2D eigenvalue weighted by Gasteiger charge is 2.33. The fraction of sp³-hybridized carbons (Fsp3) is 0.400. The third kappa shape index (κ3) is 2.75. The van der Waals surface area contributed by atoms with Crippen molar-refractivity contribution in [2.24, 2.45) is 0 Å². The Labute approximate surface area is 128 Å². The van der Waals surface area contributed by atoms with Crippen molar-refractivity contribution in [2.45, 2.75) is 53.1 Å². The van der Waals surface area contributed by atoms with E-state index in [1.807, 2.05) is 18.2 Å². The normalized spacial score (nSPS) is 13.3. The summed E-state index contributed by atoms with van der Waals surface area (Å²) < 4.78 is 0. The van der Waals surface area contributed by atoms with Gasteiger partial charge in [0.1, 0.15) is 0 Å². The predicted octanol–water partition coefficient (Wildman–Crippen LogP) is 4.93. The molecule has 1 unspecified atom stereocenters. The van der Waals surface area contributed by atoms with Gasteiger partial charge in [0.25, 0.3) is 0 Å². The Bertz CT molecular complexity index is 612. The second kappa shape index (κ2) is 5.65. The zero-order valence-corrected chi connectivity index (χ0v) is 14.0. The second-order valence-electron chi connectivity index (χ2n) is 6.66. The van der Waals surface area contributed by atoms with E-state index in [4.69, 9.17) is 0 Å². The van der Waals surface area contributed by atoms with Gasteiger partial charge in [-0.1, -0.05) is 50.2 Å². The molecule has 0 heterocycles. The van der Waals surface area contributed by atoms with E-state index in [9.17, 15) is 5.11 Å². The first-order valence-corrected chi connectivity index (χ1v) is 7.57. The van der Waals surface area contributed by atoms with Gasteiger partial charge in [-0.05, 0) is 61.1 Å². The number of benzene rings is 2. The van der Waals surface area contributed by atoms with Crippen LogP contribution in [0.15, 0.2) is 36.4 Å². The summed E-state index contributed by atoms with van der Waals surface area (Å²) in [6.45, 7) is 12.7. The number of hydrogen-bond acceptors (Lipinski definition) is 1. The van der Waals surface area contributed by atoms with Crippen LogP contribution < -0.4 is 0 Å². The van der Waals surface area contributed by atoms with Crippen molar-refractivity contribution < 1.29 is 5.11 Å². The molecule has 2 aromatic carbocycles. The van der Waals surface area contributed by atoms with Crippen molar-refractivity contribution >= 4 is 0 Å². The summed E-state index contributed by atoms with van der Waals surface area (Å²) in [4.78, 5) is 0. The lowest BCUT2D eigenvalue weighted by molar-refractivity contribution is 0.0989. The van der Waals surface area contributed by atoms with Crippen molar-refractivity contribution in [3.8, 4) is 0 Å². The number of aliphatic hydroxyl groups is 1. The molecule has 0 aliphatic heterocycles. The maximum absolute atomic E-state index is 11.1. The summed E-state index contributed by atoms with van der Waals surface area (Å²) in [7, 11) is 0. The summed E-state index contributed by atoms with van der Waals surface area (Å²) in [5.74, 6) is 0. The number of rotatable bonds is 3. The lowest BCUT2D eigenvalue weighted by Crippen LogP contribution is -2.28. The fourth-order valence-electron chi connectivity index (χ4n) is 3.04. The molecule has 1 N–H and O–H groups in total. The van der Waals surface area contributed by atoms with E-state index in [1.165, 1.54) is 22.3 Å². The summed E-state index contributed by atoms with van der Waals surface area (Å²) >= 11 is 0. The van der Waals surface area contributed by atoms with Crippen LogP contribution in [0.5, 0.6) is 0 Å². The molecular weight excluding hydrogens is 256 g/mol. The van der Waals surface area contributed by atoms with Crippen molar-refractivity contribution in [1.82, 2.24) is 0 Å². The molecule has 0 aliphatic rings. The van der Waals surface area contributed by atoms with Crippen molar-refractivity contribution in [1.29, 1.82) is 0 Å². The molecule has 1 nitrogen and oxygen atoms in total. The maximum Gasteiger partial charge on any atom is 0.0886 e. The molecule has 1 atom stereocenters. The van der Waals surface area contributed by atoms with Gasteiger partial charge in [0, 0.05) is 5.41 Å². The highest BCUT2D eigenvalue weighted by atomic mass is 16.3. The summed E-state index contributed by atoms with van der Waals surface area (Å²) in [5, 5.41) is 11.1. The Balaban J connectivity index is 2.57. The largest absolute Gasteiger partial charge is 0.387 e. The Morgan fingerprint density at radius 3 is 1.81 bits per heavy atom. The summed E-state index contributed by atoms with van der Waals surface area (Å²) in [5.41, 5.74) is 6.82. The highest BCUT2D eigenvalue weighted by Crippen LogP contribution is 2.40. The van der Waals surface area contributed by atoms with Gasteiger partial charge in [0.05, 0.1) is 6.10 Å². The predicted molar refractivity (Wildman–Crippen MR) is 89.8 cm³/mol. The molecule has 2 aromatic rings. The Kier molecular flexibility index (Phi) is 4.25. The van der Waals surface area contributed by atoms with Gasteiger partial charge < -0.3 is 5.11 Å². The lowest BCUT2D eigenvalue weighted by Gasteiger charge is -2.34. The van der Waals surface area contributed by atoms with Crippen LogP contribution in [0.1, 0.15) is 53.3 Å². The summed E-state index contributed by atoms with van der Waals surface area (Å²) in [6, 6.07) is 12.5. The molecule has 0 fully saturated rings. The average Bonchev–Trinajstić information content (AvgIpc) is 2.46.